The van der Waals surface area contributed by atoms with Crippen molar-refractivity contribution in [3.05, 3.63) is 83.4 Å². The maximum absolute atomic E-state index is 13.5. The zero-order valence-electron chi connectivity index (χ0n) is 23.3. The Morgan fingerprint density at radius 2 is 1.66 bits per heavy atom. The summed E-state index contributed by atoms with van der Waals surface area (Å²) in [6.45, 7) is 19.2. The molecule has 0 radical (unpaired) electrons. The number of piperazine rings is 1. The van der Waals surface area contributed by atoms with Crippen molar-refractivity contribution in [1.82, 2.24) is 24.6 Å². The van der Waals surface area contributed by atoms with Crippen molar-refractivity contribution >= 4 is 16.9 Å². The number of para-hydroxylation sites is 1. The van der Waals surface area contributed by atoms with Crippen LogP contribution in [0.15, 0.2) is 60.8 Å². The molecule has 3 aliphatic rings. The smallest absolute Gasteiger partial charge is 0.325 e. The van der Waals surface area contributed by atoms with Gasteiger partial charge in [-0.15, -0.1) is 0 Å². The maximum atomic E-state index is 13.5. The Balaban J connectivity index is 0.000000804. The van der Waals surface area contributed by atoms with Crippen LogP contribution in [0.25, 0.3) is 10.9 Å². The van der Waals surface area contributed by atoms with Crippen LogP contribution in [0.4, 0.5) is 9.18 Å². The third-order valence-corrected chi connectivity index (χ3v) is 7.60. The van der Waals surface area contributed by atoms with Gasteiger partial charge in [0.15, 0.2) is 0 Å². The number of hydrogen-bond acceptors (Lipinski definition) is 3. The lowest BCUT2D eigenvalue weighted by molar-refractivity contribution is 0.172. The molecule has 4 heterocycles. The molecule has 1 aromatic heterocycles. The van der Waals surface area contributed by atoms with Crippen LogP contribution in [0, 0.1) is 5.82 Å². The lowest BCUT2D eigenvalue weighted by Crippen LogP contribution is -2.46. The summed E-state index contributed by atoms with van der Waals surface area (Å²) < 4.78 is 15.8. The van der Waals surface area contributed by atoms with E-state index >= 15 is 0 Å². The largest absolute Gasteiger partial charge is 0.338 e. The number of halogens is 1. The fraction of sp³-hybridized carbons (Fsp3) is 0.452. The first-order chi connectivity index (χ1) is 18.6. The van der Waals surface area contributed by atoms with Crippen LogP contribution in [0.1, 0.15) is 44.5 Å². The first-order valence-electron chi connectivity index (χ1n) is 14.1. The fourth-order valence-electron chi connectivity index (χ4n) is 5.74. The van der Waals surface area contributed by atoms with Crippen LogP contribution in [0.2, 0.25) is 0 Å². The van der Waals surface area contributed by atoms with Crippen LogP contribution in [-0.4, -0.2) is 70.6 Å². The fourth-order valence-corrected chi connectivity index (χ4v) is 5.74. The predicted octanol–water partition coefficient (Wildman–Crippen LogP) is 5.46. The van der Waals surface area contributed by atoms with Crippen molar-refractivity contribution in [2.45, 2.75) is 53.2 Å². The van der Waals surface area contributed by atoms with Crippen molar-refractivity contribution in [3.8, 4) is 0 Å². The minimum Gasteiger partial charge on any atom is -0.338 e. The van der Waals surface area contributed by atoms with Gasteiger partial charge < -0.3 is 14.8 Å². The summed E-state index contributed by atoms with van der Waals surface area (Å²) >= 11 is 0. The summed E-state index contributed by atoms with van der Waals surface area (Å²) in [5.41, 5.74) is 5.60. The van der Waals surface area contributed by atoms with Crippen molar-refractivity contribution in [3.63, 3.8) is 0 Å². The molecule has 3 aliphatic heterocycles. The van der Waals surface area contributed by atoms with E-state index in [9.17, 15) is 9.18 Å². The standard InChI is InChI=1S/C27H30FN5O.2C2H6/c1-19-25-16-23-22-4-2-3-5-24(22)32(17-20-6-8-21(28)9-7-20)26(23)18-33(25)27(34)31(19)15-14-30-12-10-29-11-13-30;2*1-2/h2-9,25,29H,1,10-18H2;2*1-2H3. The molecule has 2 amide bonds. The van der Waals surface area contributed by atoms with Crippen molar-refractivity contribution in [2.75, 3.05) is 39.3 Å². The Hall–Kier alpha value is -3.16. The van der Waals surface area contributed by atoms with Gasteiger partial charge in [-0.25, -0.2) is 9.18 Å². The third-order valence-electron chi connectivity index (χ3n) is 7.60. The van der Waals surface area contributed by atoms with Crippen molar-refractivity contribution in [1.29, 1.82) is 0 Å². The van der Waals surface area contributed by atoms with Gasteiger partial charge in [0.2, 0.25) is 0 Å². The van der Waals surface area contributed by atoms with Gasteiger partial charge in [0.05, 0.1) is 12.6 Å². The Morgan fingerprint density at radius 3 is 2.37 bits per heavy atom. The summed E-state index contributed by atoms with van der Waals surface area (Å²) in [7, 11) is 0. The summed E-state index contributed by atoms with van der Waals surface area (Å²) in [6.07, 6.45) is 0.779. The molecule has 6 nitrogen and oxygen atoms in total. The van der Waals surface area contributed by atoms with Crippen LogP contribution >= 0.6 is 0 Å². The monoisotopic (exact) mass is 519 g/mol. The number of rotatable bonds is 5. The van der Waals surface area contributed by atoms with E-state index in [1.54, 1.807) is 0 Å². The topological polar surface area (TPSA) is 43.8 Å². The molecule has 1 unspecified atom stereocenters. The summed E-state index contributed by atoms with van der Waals surface area (Å²) in [5, 5.41) is 4.61. The zero-order valence-corrected chi connectivity index (χ0v) is 23.3. The van der Waals surface area contributed by atoms with Crippen LogP contribution in [-0.2, 0) is 19.5 Å². The highest BCUT2D eigenvalue weighted by molar-refractivity contribution is 5.88. The number of nitrogens with one attached hydrogen (secondary N) is 1. The van der Waals surface area contributed by atoms with E-state index in [-0.39, 0.29) is 17.9 Å². The normalized spacial score (nSPS) is 18.9. The first kappa shape index (κ1) is 27.9. The highest BCUT2D eigenvalue weighted by atomic mass is 19.1. The minimum atomic E-state index is -0.229. The molecule has 38 heavy (non-hydrogen) atoms. The van der Waals surface area contributed by atoms with E-state index < -0.39 is 0 Å². The van der Waals surface area contributed by atoms with E-state index in [0.29, 0.717) is 19.6 Å². The van der Waals surface area contributed by atoms with Gasteiger partial charge in [0.25, 0.3) is 0 Å². The van der Waals surface area contributed by atoms with Gasteiger partial charge in [0, 0.05) is 74.5 Å². The second-order valence-electron chi connectivity index (χ2n) is 9.52. The summed E-state index contributed by atoms with van der Waals surface area (Å²) in [5.74, 6) is -0.229. The Labute approximate surface area is 226 Å². The Bertz CT molecular complexity index is 1250. The molecule has 3 aromatic rings. The number of nitrogens with zero attached hydrogens (tertiary/aromatic N) is 4. The highest BCUT2D eigenvalue weighted by Crippen LogP contribution is 2.39. The molecule has 0 saturated carbocycles. The van der Waals surface area contributed by atoms with Crippen LogP contribution in [0.5, 0.6) is 0 Å². The van der Waals surface area contributed by atoms with Gasteiger partial charge in [-0.1, -0.05) is 64.6 Å². The second kappa shape index (κ2) is 12.6. The Morgan fingerprint density at radius 1 is 0.974 bits per heavy atom. The van der Waals surface area contributed by atoms with E-state index in [1.165, 1.54) is 28.8 Å². The second-order valence-corrected chi connectivity index (χ2v) is 9.52. The number of urea groups is 1. The van der Waals surface area contributed by atoms with E-state index in [0.717, 1.165) is 55.9 Å². The maximum Gasteiger partial charge on any atom is 0.325 e. The summed E-state index contributed by atoms with van der Waals surface area (Å²) in [6, 6.07) is 15.2. The van der Waals surface area contributed by atoms with E-state index in [2.05, 4.69) is 45.6 Å². The quantitative estimate of drug-likeness (QED) is 0.487. The molecule has 1 N–H and O–H groups in total. The Kier molecular flexibility index (Phi) is 9.23. The average Bonchev–Trinajstić information content (AvgIpc) is 3.40. The molecule has 2 aromatic carbocycles. The number of carbonyl (C=O) groups excluding carboxylic acids is 1. The number of amides is 2. The molecule has 0 bridgehead atoms. The lowest BCUT2D eigenvalue weighted by Gasteiger charge is -2.29. The average molecular weight is 520 g/mol. The minimum absolute atomic E-state index is 0.00750. The third kappa shape index (κ3) is 5.36. The van der Waals surface area contributed by atoms with Crippen LogP contribution < -0.4 is 5.32 Å². The molecular weight excluding hydrogens is 477 g/mol. The lowest BCUT2D eigenvalue weighted by atomic mass is 9.96. The number of hydrogen-bond donors (Lipinski definition) is 1. The van der Waals surface area contributed by atoms with Gasteiger partial charge >= 0.3 is 6.03 Å². The SMILES string of the molecule is C=C1C2Cc3c(n(Cc4ccc(F)cc4)c4ccccc34)CN2C(=O)N1CCN1CCNCC1.CC.CC. The van der Waals surface area contributed by atoms with E-state index in [1.807, 2.05) is 49.6 Å². The zero-order chi connectivity index (χ0) is 27.2. The van der Waals surface area contributed by atoms with Crippen molar-refractivity contribution < 1.29 is 9.18 Å². The van der Waals surface area contributed by atoms with Crippen LogP contribution in [0.3, 0.4) is 0 Å². The van der Waals surface area contributed by atoms with Gasteiger partial charge in [0.1, 0.15) is 5.82 Å². The van der Waals surface area contributed by atoms with Gasteiger partial charge in [-0.3, -0.25) is 9.80 Å². The number of benzene rings is 2. The predicted molar refractivity (Wildman–Crippen MR) is 154 cm³/mol. The molecule has 0 spiro atoms. The summed E-state index contributed by atoms with van der Waals surface area (Å²) in [4.78, 5) is 19.8. The van der Waals surface area contributed by atoms with E-state index in [4.69, 9.17) is 0 Å². The molecular formula is C31H42FN5O. The molecule has 204 valence electrons. The number of carbonyl (C=O) groups is 1. The molecule has 7 heteroatoms. The first-order valence-corrected chi connectivity index (χ1v) is 14.1. The van der Waals surface area contributed by atoms with Gasteiger partial charge in [-0.05, 0) is 29.3 Å². The van der Waals surface area contributed by atoms with Gasteiger partial charge in [-0.2, -0.15) is 0 Å². The molecule has 2 saturated heterocycles. The molecule has 6 rings (SSSR count). The number of aromatic nitrogens is 1. The molecule has 2 fully saturated rings. The highest BCUT2D eigenvalue weighted by Gasteiger charge is 2.44. The molecule has 1 atom stereocenters. The van der Waals surface area contributed by atoms with Crippen molar-refractivity contribution in [2.24, 2.45) is 0 Å². The molecule has 0 aliphatic carbocycles. The number of fused-ring (bicyclic) bond motifs is 4.